The molecule has 1 aliphatic rings. The van der Waals surface area contributed by atoms with Crippen LogP contribution >= 0.6 is 0 Å². The molecule has 1 aliphatic heterocycles. The van der Waals surface area contributed by atoms with Gasteiger partial charge >= 0.3 is 12.1 Å². The maximum absolute atomic E-state index is 11.9. The zero-order chi connectivity index (χ0) is 13.9. The zero-order valence-corrected chi connectivity index (χ0v) is 11.4. The molecule has 104 valence electrons. The summed E-state index contributed by atoms with van der Waals surface area (Å²) >= 11 is 0. The van der Waals surface area contributed by atoms with Crippen molar-refractivity contribution in [1.29, 1.82) is 0 Å². The molecule has 0 aromatic heterocycles. The molecule has 1 unspecified atom stereocenters. The first-order valence-corrected chi connectivity index (χ1v) is 6.06. The standard InChI is InChI=1S/C12H22N2O4/c1-12(2,3)18-11(16)14-6-5-9(13)8(7-14)10(15)17-4/h8-9H,5-7,13H2,1-4H3/t8?,9-/m0/s1. The van der Waals surface area contributed by atoms with Crippen molar-refractivity contribution >= 4 is 12.1 Å². The summed E-state index contributed by atoms with van der Waals surface area (Å²) in [5.74, 6) is -0.855. The van der Waals surface area contributed by atoms with Gasteiger partial charge in [-0.05, 0) is 27.2 Å². The van der Waals surface area contributed by atoms with Crippen LogP contribution in [0.4, 0.5) is 4.79 Å². The Balaban J connectivity index is 2.64. The van der Waals surface area contributed by atoms with E-state index in [9.17, 15) is 9.59 Å². The lowest BCUT2D eigenvalue weighted by atomic mass is 9.93. The molecule has 18 heavy (non-hydrogen) atoms. The number of hydrogen-bond donors (Lipinski definition) is 1. The summed E-state index contributed by atoms with van der Waals surface area (Å²) in [7, 11) is 1.32. The molecule has 0 aromatic rings. The monoisotopic (exact) mass is 258 g/mol. The molecule has 0 bridgehead atoms. The van der Waals surface area contributed by atoms with Gasteiger partial charge in [0.1, 0.15) is 5.60 Å². The average Bonchev–Trinajstić information content (AvgIpc) is 2.26. The summed E-state index contributed by atoms with van der Waals surface area (Å²) in [6.45, 7) is 6.17. The van der Waals surface area contributed by atoms with Crippen LogP contribution < -0.4 is 5.73 Å². The molecule has 0 aromatic carbocycles. The zero-order valence-electron chi connectivity index (χ0n) is 11.4. The minimum absolute atomic E-state index is 0.253. The van der Waals surface area contributed by atoms with Crippen LogP contribution in [0.2, 0.25) is 0 Å². The van der Waals surface area contributed by atoms with Gasteiger partial charge in [0.05, 0.1) is 13.0 Å². The summed E-state index contributed by atoms with van der Waals surface area (Å²) in [5.41, 5.74) is 5.32. The van der Waals surface area contributed by atoms with E-state index in [4.69, 9.17) is 15.2 Å². The summed E-state index contributed by atoms with van der Waals surface area (Å²) < 4.78 is 9.96. The number of piperidine rings is 1. The van der Waals surface area contributed by atoms with Crippen molar-refractivity contribution in [3.05, 3.63) is 0 Å². The molecule has 6 nitrogen and oxygen atoms in total. The van der Waals surface area contributed by atoms with E-state index in [1.165, 1.54) is 12.0 Å². The predicted molar refractivity (Wildman–Crippen MR) is 65.9 cm³/mol. The maximum atomic E-state index is 11.9. The third kappa shape index (κ3) is 3.87. The normalized spacial score (nSPS) is 24.6. The molecule has 1 heterocycles. The van der Waals surface area contributed by atoms with Gasteiger partial charge in [0, 0.05) is 19.1 Å². The van der Waals surface area contributed by atoms with Crippen LogP contribution in [0.1, 0.15) is 27.2 Å². The van der Waals surface area contributed by atoms with Gasteiger partial charge in [0.2, 0.25) is 0 Å². The molecule has 0 aliphatic carbocycles. The van der Waals surface area contributed by atoms with Crippen molar-refractivity contribution in [2.24, 2.45) is 11.7 Å². The van der Waals surface area contributed by atoms with Crippen LogP contribution in [0, 0.1) is 5.92 Å². The highest BCUT2D eigenvalue weighted by atomic mass is 16.6. The first kappa shape index (κ1) is 14.8. The van der Waals surface area contributed by atoms with Crippen LogP contribution in [-0.2, 0) is 14.3 Å². The Bertz CT molecular complexity index is 325. The van der Waals surface area contributed by atoms with E-state index in [2.05, 4.69) is 0 Å². The fraction of sp³-hybridized carbons (Fsp3) is 0.833. The quantitative estimate of drug-likeness (QED) is 0.702. The van der Waals surface area contributed by atoms with Crippen molar-refractivity contribution in [3.8, 4) is 0 Å². The Morgan fingerprint density at radius 2 is 1.94 bits per heavy atom. The fourth-order valence-corrected chi connectivity index (χ4v) is 1.86. The number of nitrogens with zero attached hydrogens (tertiary/aromatic N) is 1. The second-order valence-electron chi connectivity index (χ2n) is 5.51. The highest BCUT2D eigenvalue weighted by molar-refractivity contribution is 5.75. The van der Waals surface area contributed by atoms with Gasteiger partial charge in [-0.25, -0.2) is 4.79 Å². The molecule has 1 fully saturated rings. The second kappa shape index (κ2) is 5.56. The Morgan fingerprint density at radius 1 is 1.33 bits per heavy atom. The van der Waals surface area contributed by atoms with Gasteiger partial charge in [0.15, 0.2) is 0 Å². The van der Waals surface area contributed by atoms with Crippen LogP contribution in [-0.4, -0.2) is 48.8 Å². The molecule has 0 spiro atoms. The van der Waals surface area contributed by atoms with Crippen LogP contribution in [0.5, 0.6) is 0 Å². The predicted octanol–water partition coefficient (Wildman–Crippen LogP) is 0.744. The molecule has 0 saturated carbocycles. The SMILES string of the molecule is COC(=O)C1CN(C(=O)OC(C)(C)C)CC[C@@H]1N. The second-order valence-corrected chi connectivity index (χ2v) is 5.51. The molecule has 2 atom stereocenters. The fourth-order valence-electron chi connectivity index (χ4n) is 1.86. The van der Waals surface area contributed by atoms with Gasteiger partial charge < -0.3 is 20.1 Å². The van der Waals surface area contributed by atoms with Crippen molar-refractivity contribution in [2.75, 3.05) is 20.2 Å². The number of esters is 1. The smallest absolute Gasteiger partial charge is 0.410 e. The maximum Gasteiger partial charge on any atom is 0.410 e. The molecule has 0 radical (unpaired) electrons. The van der Waals surface area contributed by atoms with Gasteiger partial charge in [-0.15, -0.1) is 0 Å². The minimum atomic E-state index is -0.544. The lowest BCUT2D eigenvalue weighted by Gasteiger charge is -2.36. The van der Waals surface area contributed by atoms with E-state index < -0.39 is 17.6 Å². The molecule has 6 heteroatoms. The van der Waals surface area contributed by atoms with Crippen molar-refractivity contribution in [3.63, 3.8) is 0 Å². The summed E-state index contributed by atoms with van der Waals surface area (Å²) in [6.07, 6.45) is 0.155. The topological polar surface area (TPSA) is 81.9 Å². The van der Waals surface area contributed by atoms with Gasteiger partial charge in [0.25, 0.3) is 0 Å². The first-order chi connectivity index (χ1) is 8.24. The average molecular weight is 258 g/mol. The van der Waals surface area contributed by atoms with Crippen molar-refractivity contribution in [1.82, 2.24) is 4.90 Å². The van der Waals surface area contributed by atoms with E-state index in [1.807, 2.05) is 0 Å². The summed E-state index contributed by atoms with van der Waals surface area (Å²) in [5, 5.41) is 0. The van der Waals surface area contributed by atoms with Crippen LogP contribution in [0.3, 0.4) is 0 Å². The van der Waals surface area contributed by atoms with Crippen LogP contribution in [0.25, 0.3) is 0 Å². The number of amides is 1. The molecule has 1 rings (SSSR count). The molecular weight excluding hydrogens is 236 g/mol. The Hall–Kier alpha value is -1.30. The number of ether oxygens (including phenoxy) is 2. The Kier molecular flexibility index (Phi) is 4.56. The lowest BCUT2D eigenvalue weighted by molar-refractivity contribution is -0.147. The van der Waals surface area contributed by atoms with E-state index >= 15 is 0 Å². The lowest BCUT2D eigenvalue weighted by Crippen LogP contribution is -2.53. The number of hydrogen-bond acceptors (Lipinski definition) is 5. The number of methoxy groups -OCH3 is 1. The molecule has 2 N–H and O–H groups in total. The van der Waals surface area contributed by atoms with E-state index in [-0.39, 0.29) is 18.6 Å². The largest absolute Gasteiger partial charge is 0.469 e. The number of nitrogens with two attached hydrogens (primary N) is 1. The third-order valence-corrected chi connectivity index (χ3v) is 2.82. The summed E-state index contributed by atoms with van der Waals surface area (Å²) in [6, 6.07) is -0.267. The summed E-state index contributed by atoms with van der Waals surface area (Å²) in [4.78, 5) is 24.9. The number of likely N-dealkylation sites (tertiary alicyclic amines) is 1. The molecule has 1 saturated heterocycles. The Labute approximate surface area is 107 Å². The number of carbonyl (C=O) groups excluding carboxylic acids is 2. The van der Waals surface area contributed by atoms with Gasteiger partial charge in [-0.1, -0.05) is 0 Å². The van der Waals surface area contributed by atoms with Crippen molar-refractivity contribution in [2.45, 2.75) is 38.8 Å². The van der Waals surface area contributed by atoms with E-state index in [0.717, 1.165) is 0 Å². The highest BCUT2D eigenvalue weighted by Crippen LogP contribution is 2.19. The van der Waals surface area contributed by atoms with E-state index in [0.29, 0.717) is 13.0 Å². The van der Waals surface area contributed by atoms with Gasteiger partial charge in [-0.3, -0.25) is 4.79 Å². The molecule has 1 amide bonds. The van der Waals surface area contributed by atoms with Crippen molar-refractivity contribution < 1.29 is 19.1 Å². The number of rotatable bonds is 1. The van der Waals surface area contributed by atoms with E-state index in [1.54, 1.807) is 20.8 Å². The first-order valence-electron chi connectivity index (χ1n) is 6.06. The highest BCUT2D eigenvalue weighted by Gasteiger charge is 2.36. The minimum Gasteiger partial charge on any atom is -0.469 e. The van der Waals surface area contributed by atoms with Gasteiger partial charge in [-0.2, -0.15) is 0 Å². The van der Waals surface area contributed by atoms with Crippen LogP contribution in [0.15, 0.2) is 0 Å². The number of carbonyl (C=O) groups is 2. The Morgan fingerprint density at radius 3 is 2.44 bits per heavy atom. The molecular formula is C12H22N2O4. The third-order valence-electron chi connectivity index (χ3n) is 2.82.